The Hall–Kier alpha value is -1.98. The van der Waals surface area contributed by atoms with E-state index < -0.39 is 0 Å². The lowest BCUT2D eigenvalue weighted by Crippen LogP contribution is -2.25. The van der Waals surface area contributed by atoms with E-state index in [-0.39, 0.29) is 5.91 Å². The second-order valence-electron chi connectivity index (χ2n) is 4.69. The summed E-state index contributed by atoms with van der Waals surface area (Å²) in [6.45, 7) is 0.604. The molecule has 3 aromatic rings. The molecule has 1 heterocycles. The highest BCUT2D eigenvalue weighted by Gasteiger charge is 2.06. The third kappa shape index (κ3) is 3.61. The summed E-state index contributed by atoms with van der Waals surface area (Å²) < 4.78 is 0. The van der Waals surface area contributed by atoms with Gasteiger partial charge < -0.3 is 10.3 Å². The molecule has 0 aliphatic rings. The Kier molecular flexibility index (Phi) is 4.65. The first-order chi connectivity index (χ1) is 10.7. The van der Waals surface area contributed by atoms with Crippen LogP contribution in [0.2, 0.25) is 5.02 Å². The zero-order valence-electron chi connectivity index (χ0n) is 11.7. The maximum atomic E-state index is 12.1. The fraction of sp³-hybridized carbons (Fsp3) is 0.125. The zero-order chi connectivity index (χ0) is 15.4. The van der Waals surface area contributed by atoms with Gasteiger partial charge in [0.25, 0.3) is 5.91 Å². The number of amides is 1. The Balaban J connectivity index is 1.50. The van der Waals surface area contributed by atoms with Gasteiger partial charge in [-0.1, -0.05) is 11.6 Å². The number of imidazole rings is 1. The fourth-order valence-electron chi connectivity index (χ4n) is 2.04. The quantitative estimate of drug-likeness (QED) is 0.553. The minimum absolute atomic E-state index is 0.0757. The van der Waals surface area contributed by atoms with Crippen LogP contribution in [0.15, 0.2) is 53.7 Å². The van der Waals surface area contributed by atoms with Crippen LogP contribution in [-0.4, -0.2) is 28.2 Å². The van der Waals surface area contributed by atoms with Crippen molar-refractivity contribution in [2.24, 2.45) is 0 Å². The predicted octanol–water partition coefficient (Wildman–Crippen LogP) is 3.74. The lowest BCUT2D eigenvalue weighted by Gasteiger charge is -2.05. The summed E-state index contributed by atoms with van der Waals surface area (Å²) in [6.07, 6.45) is 1.62. The molecule has 3 rings (SSSR count). The van der Waals surface area contributed by atoms with Crippen molar-refractivity contribution in [3.63, 3.8) is 0 Å². The van der Waals surface area contributed by atoms with E-state index >= 15 is 0 Å². The van der Waals surface area contributed by atoms with Crippen molar-refractivity contribution < 1.29 is 4.79 Å². The number of halogens is 1. The van der Waals surface area contributed by atoms with Crippen molar-refractivity contribution in [3.8, 4) is 0 Å². The van der Waals surface area contributed by atoms with E-state index in [4.69, 9.17) is 11.6 Å². The summed E-state index contributed by atoms with van der Waals surface area (Å²) in [5, 5.41) is 3.65. The molecule has 1 aromatic heterocycles. The third-order valence-electron chi connectivity index (χ3n) is 3.15. The van der Waals surface area contributed by atoms with E-state index in [0.29, 0.717) is 12.1 Å². The number of nitrogens with one attached hydrogen (secondary N) is 2. The Labute approximate surface area is 137 Å². The van der Waals surface area contributed by atoms with E-state index in [1.807, 2.05) is 36.4 Å². The van der Waals surface area contributed by atoms with Gasteiger partial charge in [-0.3, -0.25) is 4.79 Å². The molecule has 6 heteroatoms. The first kappa shape index (κ1) is 14.9. The molecular weight excluding hydrogens is 318 g/mol. The van der Waals surface area contributed by atoms with Crippen molar-refractivity contribution in [1.29, 1.82) is 0 Å². The van der Waals surface area contributed by atoms with Crippen LogP contribution < -0.4 is 5.32 Å². The number of carbonyl (C=O) groups excluding carboxylic acids is 1. The predicted molar refractivity (Wildman–Crippen MR) is 90.6 cm³/mol. The molecular formula is C16H14ClN3OS. The van der Waals surface area contributed by atoms with E-state index in [1.165, 1.54) is 0 Å². The van der Waals surface area contributed by atoms with Crippen molar-refractivity contribution >= 4 is 40.3 Å². The molecule has 2 aromatic carbocycles. The molecule has 2 N–H and O–H groups in total. The number of carbonyl (C=O) groups is 1. The molecule has 4 nitrogen and oxygen atoms in total. The molecule has 0 saturated carbocycles. The average Bonchev–Trinajstić information content (AvgIpc) is 3.00. The molecule has 0 fully saturated rings. The minimum atomic E-state index is -0.0757. The number of aromatic amines is 1. The molecule has 0 unspecified atom stereocenters. The summed E-state index contributed by atoms with van der Waals surface area (Å²) in [6, 6.07) is 13.1. The van der Waals surface area contributed by atoms with E-state index in [9.17, 15) is 4.79 Å². The number of hydrogen-bond donors (Lipinski definition) is 2. The summed E-state index contributed by atoms with van der Waals surface area (Å²) in [5.41, 5.74) is 2.35. The maximum absolute atomic E-state index is 12.1. The first-order valence-electron chi connectivity index (χ1n) is 6.82. The van der Waals surface area contributed by atoms with Crippen molar-refractivity contribution in [2.45, 2.75) is 4.90 Å². The number of hydrogen-bond acceptors (Lipinski definition) is 3. The van der Waals surface area contributed by atoms with Gasteiger partial charge >= 0.3 is 0 Å². The van der Waals surface area contributed by atoms with Crippen LogP contribution in [0.1, 0.15) is 10.4 Å². The van der Waals surface area contributed by atoms with Crippen LogP contribution in [0, 0.1) is 0 Å². The van der Waals surface area contributed by atoms with Gasteiger partial charge in [0, 0.05) is 27.8 Å². The summed E-state index contributed by atoms with van der Waals surface area (Å²) >= 11 is 7.52. The van der Waals surface area contributed by atoms with Crippen LogP contribution in [0.3, 0.4) is 0 Å². The molecule has 1 amide bonds. The molecule has 0 saturated heterocycles. The monoisotopic (exact) mass is 331 g/mol. The summed E-state index contributed by atoms with van der Waals surface area (Å²) in [4.78, 5) is 20.4. The average molecular weight is 332 g/mol. The van der Waals surface area contributed by atoms with Gasteiger partial charge in [-0.2, -0.15) is 0 Å². The number of rotatable bonds is 5. The largest absolute Gasteiger partial charge is 0.351 e. The molecule has 0 atom stereocenters. The third-order valence-corrected chi connectivity index (χ3v) is 4.42. The highest BCUT2D eigenvalue weighted by molar-refractivity contribution is 7.99. The number of nitrogens with zero attached hydrogens (tertiary/aromatic N) is 1. The smallest absolute Gasteiger partial charge is 0.251 e. The molecule has 0 bridgehead atoms. The SMILES string of the molecule is O=C(NCCSc1ccc(Cl)cc1)c1ccc2nc[nH]c2c1. The number of thioether (sulfide) groups is 1. The normalized spacial score (nSPS) is 10.8. The number of H-pyrrole nitrogens is 1. The fourth-order valence-corrected chi connectivity index (χ4v) is 2.94. The van der Waals surface area contributed by atoms with Crippen LogP contribution in [0.5, 0.6) is 0 Å². The zero-order valence-corrected chi connectivity index (χ0v) is 13.2. The highest BCUT2D eigenvalue weighted by atomic mass is 35.5. The second-order valence-corrected chi connectivity index (χ2v) is 6.30. The van der Waals surface area contributed by atoms with Gasteiger partial charge in [0.1, 0.15) is 0 Å². The van der Waals surface area contributed by atoms with Crippen molar-refractivity contribution in [1.82, 2.24) is 15.3 Å². The van der Waals surface area contributed by atoms with Crippen LogP contribution in [0.4, 0.5) is 0 Å². The second kappa shape index (κ2) is 6.85. The Morgan fingerprint density at radius 1 is 1.23 bits per heavy atom. The summed E-state index contributed by atoms with van der Waals surface area (Å²) in [5.74, 6) is 0.729. The van der Waals surface area contributed by atoms with E-state index in [2.05, 4.69) is 15.3 Å². The Bertz CT molecular complexity index is 785. The topological polar surface area (TPSA) is 57.8 Å². The first-order valence-corrected chi connectivity index (χ1v) is 8.18. The Morgan fingerprint density at radius 2 is 2.05 bits per heavy atom. The van der Waals surface area contributed by atoms with Gasteiger partial charge in [0.05, 0.1) is 17.4 Å². The van der Waals surface area contributed by atoms with Crippen molar-refractivity contribution in [2.75, 3.05) is 12.3 Å². The highest BCUT2D eigenvalue weighted by Crippen LogP contribution is 2.19. The van der Waals surface area contributed by atoms with Gasteiger partial charge in [-0.25, -0.2) is 4.98 Å². The molecule has 0 aliphatic heterocycles. The maximum Gasteiger partial charge on any atom is 0.251 e. The van der Waals surface area contributed by atoms with Crippen LogP contribution in [0.25, 0.3) is 11.0 Å². The molecule has 0 radical (unpaired) electrons. The molecule has 22 heavy (non-hydrogen) atoms. The molecule has 112 valence electrons. The van der Waals surface area contributed by atoms with Gasteiger partial charge in [0.2, 0.25) is 0 Å². The van der Waals surface area contributed by atoms with Gasteiger partial charge in [-0.05, 0) is 42.5 Å². The number of fused-ring (bicyclic) bond motifs is 1. The number of aromatic nitrogens is 2. The standard InChI is InChI=1S/C16H14ClN3OS/c17-12-2-4-13(5-3-12)22-8-7-18-16(21)11-1-6-14-15(9-11)20-10-19-14/h1-6,9-10H,7-8H2,(H,18,21)(H,19,20). The lowest BCUT2D eigenvalue weighted by atomic mass is 10.2. The van der Waals surface area contributed by atoms with E-state index in [0.717, 1.165) is 26.7 Å². The van der Waals surface area contributed by atoms with Gasteiger partial charge in [-0.15, -0.1) is 11.8 Å². The Morgan fingerprint density at radius 3 is 2.86 bits per heavy atom. The minimum Gasteiger partial charge on any atom is -0.351 e. The number of benzene rings is 2. The molecule has 0 spiro atoms. The summed E-state index contributed by atoms with van der Waals surface area (Å²) in [7, 11) is 0. The van der Waals surface area contributed by atoms with Crippen LogP contribution >= 0.6 is 23.4 Å². The van der Waals surface area contributed by atoms with E-state index in [1.54, 1.807) is 24.2 Å². The van der Waals surface area contributed by atoms with Gasteiger partial charge in [0.15, 0.2) is 0 Å². The lowest BCUT2D eigenvalue weighted by molar-refractivity contribution is 0.0956. The van der Waals surface area contributed by atoms with Crippen molar-refractivity contribution in [3.05, 3.63) is 59.4 Å². The molecule has 0 aliphatic carbocycles. The van der Waals surface area contributed by atoms with Crippen LogP contribution in [-0.2, 0) is 0 Å².